The zero-order valence-electron chi connectivity index (χ0n) is 14.6. The minimum atomic E-state index is -0.267. The lowest BCUT2D eigenvalue weighted by Crippen LogP contribution is -2.03. The van der Waals surface area contributed by atoms with Crippen LogP contribution in [0.4, 0.5) is 10.2 Å². The van der Waals surface area contributed by atoms with Gasteiger partial charge in [-0.2, -0.15) is 0 Å². The van der Waals surface area contributed by atoms with Crippen LogP contribution in [0.5, 0.6) is 11.5 Å². The summed E-state index contributed by atoms with van der Waals surface area (Å²) < 4.78 is 20.2. The number of hydrogen-bond donors (Lipinski definition) is 2. The standard InChI is InChI=1S/C20H17FN4O2/c1-27-17-10-14(4-7-16(17)26)19-20(25-9-8-22-12-18(25)24-19)23-11-13-2-5-15(21)6-3-13/h2-10,12,23,26H,11H2,1H3. The number of halogens is 1. The number of hydrogen-bond acceptors (Lipinski definition) is 5. The summed E-state index contributed by atoms with van der Waals surface area (Å²) in [4.78, 5) is 8.77. The summed E-state index contributed by atoms with van der Waals surface area (Å²) in [5, 5.41) is 13.2. The van der Waals surface area contributed by atoms with E-state index in [1.165, 1.54) is 19.2 Å². The average Bonchev–Trinajstić information content (AvgIpc) is 3.06. The molecule has 27 heavy (non-hydrogen) atoms. The molecule has 2 N–H and O–H groups in total. The maximum absolute atomic E-state index is 13.1. The third-order valence-corrected chi connectivity index (χ3v) is 4.26. The van der Waals surface area contributed by atoms with Gasteiger partial charge in [0, 0.05) is 24.5 Å². The minimum Gasteiger partial charge on any atom is -0.504 e. The Balaban J connectivity index is 1.76. The molecule has 0 bridgehead atoms. The van der Waals surface area contributed by atoms with E-state index in [9.17, 15) is 9.50 Å². The van der Waals surface area contributed by atoms with Crippen molar-refractivity contribution in [3.8, 4) is 22.8 Å². The number of nitrogens with zero attached hydrogens (tertiary/aromatic N) is 3. The van der Waals surface area contributed by atoms with Gasteiger partial charge in [-0.25, -0.2) is 9.37 Å². The molecule has 6 nitrogen and oxygen atoms in total. The Hall–Kier alpha value is -3.61. The summed E-state index contributed by atoms with van der Waals surface area (Å²) in [6.07, 6.45) is 5.17. The van der Waals surface area contributed by atoms with E-state index in [2.05, 4.69) is 15.3 Å². The van der Waals surface area contributed by atoms with E-state index in [0.717, 1.165) is 16.9 Å². The van der Waals surface area contributed by atoms with Crippen LogP contribution in [0, 0.1) is 5.82 Å². The molecule has 0 saturated heterocycles. The van der Waals surface area contributed by atoms with Crippen LogP contribution in [0.1, 0.15) is 5.56 Å². The predicted molar refractivity (Wildman–Crippen MR) is 100 cm³/mol. The highest BCUT2D eigenvalue weighted by atomic mass is 19.1. The zero-order chi connectivity index (χ0) is 18.8. The van der Waals surface area contributed by atoms with Crippen molar-refractivity contribution in [3.63, 3.8) is 0 Å². The molecular formula is C20H17FN4O2. The molecule has 0 radical (unpaired) electrons. The molecule has 2 aromatic carbocycles. The van der Waals surface area contributed by atoms with Crippen molar-refractivity contribution in [2.24, 2.45) is 0 Å². The molecule has 2 heterocycles. The maximum atomic E-state index is 13.1. The van der Waals surface area contributed by atoms with Crippen molar-refractivity contribution in [2.75, 3.05) is 12.4 Å². The number of imidazole rings is 1. The van der Waals surface area contributed by atoms with Gasteiger partial charge in [-0.3, -0.25) is 9.38 Å². The van der Waals surface area contributed by atoms with Crippen LogP contribution in [0.2, 0.25) is 0 Å². The number of nitrogens with one attached hydrogen (secondary N) is 1. The van der Waals surface area contributed by atoms with Crippen LogP contribution in [0.3, 0.4) is 0 Å². The number of aromatic hydroxyl groups is 1. The molecule has 4 rings (SSSR count). The summed E-state index contributed by atoms with van der Waals surface area (Å²) in [6.45, 7) is 0.499. The maximum Gasteiger partial charge on any atom is 0.161 e. The Bertz CT molecular complexity index is 1090. The Kier molecular flexibility index (Phi) is 4.33. The van der Waals surface area contributed by atoms with E-state index in [-0.39, 0.29) is 11.6 Å². The van der Waals surface area contributed by atoms with Crippen molar-refractivity contribution in [1.82, 2.24) is 14.4 Å². The minimum absolute atomic E-state index is 0.0625. The molecule has 0 aliphatic heterocycles. The fourth-order valence-electron chi connectivity index (χ4n) is 2.89. The average molecular weight is 364 g/mol. The van der Waals surface area contributed by atoms with Gasteiger partial charge in [-0.15, -0.1) is 0 Å². The van der Waals surface area contributed by atoms with Crippen molar-refractivity contribution in [1.29, 1.82) is 0 Å². The van der Waals surface area contributed by atoms with Crippen LogP contribution >= 0.6 is 0 Å². The van der Waals surface area contributed by atoms with Crippen molar-refractivity contribution >= 4 is 11.5 Å². The van der Waals surface area contributed by atoms with E-state index >= 15 is 0 Å². The zero-order valence-corrected chi connectivity index (χ0v) is 14.6. The number of benzene rings is 2. The van der Waals surface area contributed by atoms with Gasteiger partial charge in [0.1, 0.15) is 17.3 Å². The number of phenolic OH excluding ortho intramolecular Hbond substituents is 1. The van der Waals surface area contributed by atoms with E-state index in [0.29, 0.717) is 23.6 Å². The SMILES string of the molecule is COc1cc(-c2nc3cnccn3c2NCc2ccc(F)cc2)ccc1O. The van der Waals surface area contributed by atoms with Gasteiger partial charge in [0.15, 0.2) is 17.1 Å². The topological polar surface area (TPSA) is 71.7 Å². The Labute approximate surface area is 154 Å². The summed E-state index contributed by atoms with van der Waals surface area (Å²) in [5.74, 6) is 0.931. The second kappa shape index (κ2) is 6.95. The molecule has 0 atom stereocenters. The molecule has 0 fully saturated rings. The number of fused-ring (bicyclic) bond motifs is 1. The summed E-state index contributed by atoms with van der Waals surface area (Å²) >= 11 is 0. The molecule has 0 aliphatic rings. The predicted octanol–water partition coefficient (Wildman–Crippen LogP) is 3.86. The van der Waals surface area contributed by atoms with Crippen LogP contribution < -0.4 is 10.1 Å². The van der Waals surface area contributed by atoms with E-state index in [1.807, 2.05) is 10.6 Å². The van der Waals surface area contributed by atoms with Gasteiger partial charge in [0.05, 0.1) is 13.3 Å². The normalized spacial score (nSPS) is 10.9. The number of phenols is 1. The molecule has 0 unspecified atom stereocenters. The molecule has 136 valence electrons. The molecule has 4 aromatic rings. The highest BCUT2D eigenvalue weighted by Crippen LogP contribution is 2.35. The molecule has 0 spiro atoms. The number of aromatic nitrogens is 3. The molecule has 2 aromatic heterocycles. The number of methoxy groups -OCH3 is 1. The Morgan fingerprint density at radius 1 is 1.19 bits per heavy atom. The smallest absolute Gasteiger partial charge is 0.161 e. The number of rotatable bonds is 5. The monoisotopic (exact) mass is 364 g/mol. The number of ether oxygens (including phenoxy) is 1. The quantitative estimate of drug-likeness (QED) is 0.563. The highest BCUT2D eigenvalue weighted by Gasteiger charge is 2.16. The first kappa shape index (κ1) is 16.8. The summed E-state index contributed by atoms with van der Waals surface area (Å²) in [7, 11) is 1.50. The molecule has 0 saturated carbocycles. The molecule has 7 heteroatoms. The lowest BCUT2D eigenvalue weighted by Gasteiger charge is -2.10. The van der Waals surface area contributed by atoms with Gasteiger partial charge in [-0.05, 0) is 35.9 Å². The Morgan fingerprint density at radius 2 is 2.00 bits per heavy atom. The van der Waals surface area contributed by atoms with Gasteiger partial charge in [-0.1, -0.05) is 12.1 Å². The largest absolute Gasteiger partial charge is 0.504 e. The van der Waals surface area contributed by atoms with E-state index < -0.39 is 0 Å². The highest BCUT2D eigenvalue weighted by molar-refractivity contribution is 5.77. The second-order valence-electron chi connectivity index (χ2n) is 5.98. The van der Waals surface area contributed by atoms with Gasteiger partial charge >= 0.3 is 0 Å². The summed E-state index contributed by atoms with van der Waals surface area (Å²) in [5.41, 5.74) is 3.11. The second-order valence-corrected chi connectivity index (χ2v) is 5.98. The van der Waals surface area contributed by atoms with E-state index in [1.54, 1.807) is 42.7 Å². The lowest BCUT2D eigenvalue weighted by molar-refractivity contribution is 0.373. The van der Waals surface area contributed by atoms with Gasteiger partial charge < -0.3 is 15.2 Å². The molecular weight excluding hydrogens is 347 g/mol. The summed E-state index contributed by atoms with van der Waals surface area (Å²) in [6, 6.07) is 11.4. The Morgan fingerprint density at radius 3 is 2.78 bits per heavy atom. The van der Waals surface area contributed by atoms with Crippen LogP contribution in [0.25, 0.3) is 16.9 Å². The first-order chi connectivity index (χ1) is 13.2. The van der Waals surface area contributed by atoms with E-state index in [4.69, 9.17) is 4.74 Å². The third-order valence-electron chi connectivity index (χ3n) is 4.26. The first-order valence-corrected chi connectivity index (χ1v) is 8.33. The van der Waals surface area contributed by atoms with Gasteiger partial charge in [0.2, 0.25) is 0 Å². The lowest BCUT2D eigenvalue weighted by atomic mass is 10.1. The van der Waals surface area contributed by atoms with Crippen LogP contribution in [0.15, 0.2) is 61.1 Å². The van der Waals surface area contributed by atoms with Crippen molar-refractivity contribution < 1.29 is 14.2 Å². The third kappa shape index (κ3) is 3.27. The first-order valence-electron chi connectivity index (χ1n) is 8.33. The van der Waals surface area contributed by atoms with Crippen molar-refractivity contribution in [3.05, 3.63) is 72.4 Å². The van der Waals surface area contributed by atoms with Crippen LogP contribution in [-0.2, 0) is 6.54 Å². The number of anilines is 1. The fourth-order valence-corrected chi connectivity index (χ4v) is 2.89. The van der Waals surface area contributed by atoms with Crippen LogP contribution in [-0.4, -0.2) is 26.6 Å². The van der Waals surface area contributed by atoms with Crippen molar-refractivity contribution in [2.45, 2.75) is 6.54 Å². The van der Waals surface area contributed by atoms with Gasteiger partial charge in [0.25, 0.3) is 0 Å². The fraction of sp³-hybridized carbons (Fsp3) is 0.100. The molecule has 0 amide bonds. The molecule has 0 aliphatic carbocycles.